The molecule has 0 aliphatic rings. The van der Waals surface area contributed by atoms with E-state index in [0.29, 0.717) is 29.4 Å². The topological polar surface area (TPSA) is 94.5 Å². The van der Waals surface area contributed by atoms with Crippen molar-refractivity contribution in [2.24, 2.45) is 0 Å². The van der Waals surface area contributed by atoms with Crippen molar-refractivity contribution in [1.29, 1.82) is 0 Å². The first kappa shape index (κ1) is 23.6. The molecule has 1 aromatic heterocycles. The van der Waals surface area contributed by atoms with Crippen molar-refractivity contribution in [2.45, 2.75) is 13.0 Å². The molecular weight excluding hydrogens is 444 g/mol. The first-order chi connectivity index (χ1) is 17.0. The van der Waals surface area contributed by atoms with Gasteiger partial charge in [-0.1, -0.05) is 30.3 Å². The lowest BCUT2D eigenvalue weighted by Gasteiger charge is -2.08. The fourth-order valence-electron chi connectivity index (χ4n) is 3.54. The first-order valence-corrected chi connectivity index (χ1v) is 11.0. The number of amides is 2. The Morgan fingerprint density at radius 2 is 1.54 bits per heavy atom. The number of imidazole rings is 1. The van der Waals surface area contributed by atoms with E-state index in [9.17, 15) is 9.59 Å². The normalized spacial score (nSPS) is 10.5. The number of nitrogens with zero attached hydrogens (tertiary/aromatic N) is 2. The Hall–Kier alpha value is -4.59. The Morgan fingerprint density at radius 3 is 2.29 bits per heavy atom. The highest BCUT2D eigenvalue weighted by atomic mass is 16.5. The number of hydrogen-bond acceptors (Lipinski definition) is 5. The average Bonchev–Trinajstić information content (AvgIpc) is 3.34. The number of anilines is 2. The van der Waals surface area contributed by atoms with Crippen LogP contribution in [0.25, 0.3) is 0 Å². The second-order valence-electron chi connectivity index (χ2n) is 7.89. The third-order valence-electron chi connectivity index (χ3n) is 5.30. The minimum absolute atomic E-state index is 0.104. The van der Waals surface area contributed by atoms with E-state index in [1.54, 1.807) is 44.9 Å². The van der Waals surface area contributed by atoms with Gasteiger partial charge >= 0.3 is 0 Å². The molecule has 0 saturated heterocycles. The minimum Gasteiger partial charge on any atom is -0.497 e. The van der Waals surface area contributed by atoms with E-state index in [0.717, 1.165) is 16.9 Å². The molecule has 8 heteroatoms. The van der Waals surface area contributed by atoms with Crippen LogP contribution in [0.4, 0.5) is 11.4 Å². The molecular formula is C27H26N4O4. The van der Waals surface area contributed by atoms with E-state index in [2.05, 4.69) is 15.6 Å². The highest BCUT2D eigenvalue weighted by molar-refractivity contribution is 6.02. The van der Waals surface area contributed by atoms with Gasteiger partial charge in [0.2, 0.25) is 5.91 Å². The maximum atomic E-state index is 12.5. The van der Waals surface area contributed by atoms with Gasteiger partial charge in [0.15, 0.2) is 0 Å². The van der Waals surface area contributed by atoms with E-state index in [4.69, 9.17) is 9.47 Å². The molecule has 0 aliphatic heterocycles. The van der Waals surface area contributed by atoms with Gasteiger partial charge in [-0.15, -0.1) is 0 Å². The molecule has 35 heavy (non-hydrogen) atoms. The van der Waals surface area contributed by atoms with Crippen LogP contribution >= 0.6 is 0 Å². The molecule has 0 spiro atoms. The lowest BCUT2D eigenvalue weighted by molar-refractivity contribution is -0.115. The summed E-state index contributed by atoms with van der Waals surface area (Å²) in [4.78, 5) is 29.1. The zero-order valence-electron chi connectivity index (χ0n) is 19.5. The molecule has 0 bridgehead atoms. The molecule has 4 aromatic rings. The number of benzene rings is 3. The molecule has 0 atom stereocenters. The van der Waals surface area contributed by atoms with Gasteiger partial charge in [0.05, 0.1) is 27.0 Å². The molecule has 2 amide bonds. The number of carbonyl (C=O) groups is 2. The fraction of sp³-hybridized carbons (Fsp3) is 0.148. The van der Waals surface area contributed by atoms with Crippen LogP contribution in [0.5, 0.6) is 11.5 Å². The van der Waals surface area contributed by atoms with Crippen LogP contribution in [0.2, 0.25) is 0 Å². The lowest BCUT2D eigenvalue weighted by atomic mass is 10.1. The highest BCUT2D eigenvalue weighted by Gasteiger charge is 2.11. The van der Waals surface area contributed by atoms with Gasteiger partial charge in [-0.05, 0) is 47.5 Å². The summed E-state index contributed by atoms with van der Waals surface area (Å²) in [5.41, 5.74) is 3.55. The van der Waals surface area contributed by atoms with Crippen LogP contribution < -0.4 is 20.1 Å². The predicted molar refractivity (Wildman–Crippen MR) is 134 cm³/mol. The number of aromatic nitrogens is 2. The summed E-state index contributed by atoms with van der Waals surface area (Å²) in [6.07, 6.45) is 3.57. The third-order valence-corrected chi connectivity index (χ3v) is 5.30. The van der Waals surface area contributed by atoms with E-state index in [-0.39, 0.29) is 18.2 Å². The Morgan fingerprint density at radius 1 is 0.829 bits per heavy atom. The second kappa shape index (κ2) is 11.0. The first-order valence-electron chi connectivity index (χ1n) is 11.0. The van der Waals surface area contributed by atoms with Crippen molar-refractivity contribution in [1.82, 2.24) is 9.55 Å². The Balaban J connectivity index is 1.31. The summed E-state index contributed by atoms with van der Waals surface area (Å²) < 4.78 is 12.2. The molecule has 3 aromatic carbocycles. The monoisotopic (exact) mass is 470 g/mol. The maximum absolute atomic E-state index is 12.5. The van der Waals surface area contributed by atoms with Crippen LogP contribution in [0.1, 0.15) is 21.6 Å². The molecule has 8 nitrogen and oxygen atoms in total. The van der Waals surface area contributed by atoms with E-state index in [1.807, 2.05) is 59.2 Å². The quantitative estimate of drug-likeness (QED) is 0.379. The van der Waals surface area contributed by atoms with E-state index < -0.39 is 0 Å². The smallest absolute Gasteiger partial charge is 0.275 e. The summed E-state index contributed by atoms with van der Waals surface area (Å²) in [6.45, 7) is 0.539. The summed E-state index contributed by atoms with van der Waals surface area (Å²) in [5.74, 6) is 0.978. The maximum Gasteiger partial charge on any atom is 0.275 e. The standard InChI is InChI=1S/C27H26N4O4/c1-34-23-7-3-5-20(13-23)14-26(32)29-21-11-9-19(10-12-21)16-31-17-25(28-18-31)27(33)30-22-6-4-8-24(15-22)35-2/h3-13,15,17-18H,14,16H2,1-2H3,(H,29,32)(H,30,33). The Kier molecular flexibility index (Phi) is 7.42. The van der Waals surface area contributed by atoms with Crippen LogP contribution in [0, 0.1) is 0 Å². The van der Waals surface area contributed by atoms with Crippen LogP contribution in [0.3, 0.4) is 0 Å². The number of nitrogens with one attached hydrogen (secondary N) is 2. The number of hydrogen-bond donors (Lipinski definition) is 2. The third kappa shape index (κ3) is 6.48. The predicted octanol–water partition coefficient (Wildman–Crippen LogP) is 4.38. The van der Waals surface area contributed by atoms with Crippen LogP contribution in [0.15, 0.2) is 85.3 Å². The van der Waals surface area contributed by atoms with Gasteiger partial charge in [-0.25, -0.2) is 4.98 Å². The van der Waals surface area contributed by atoms with Gasteiger partial charge in [-0.3, -0.25) is 9.59 Å². The molecule has 0 aliphatic carbocycles. The van der Waals surface area contributed by atoms with Gasteiger partial charge in [0.1, 0.15) is 17.2 Å². The SMILES string of the molecule is COc1cccc(CC(=O)Nc2ccc(Cn3cnc(C(=O)Nc4cccc(OC)c4)c3)cc2)c1. The molecule has 2 N–H and O–H groups in total. The summed E-state index contributed by atoms with van der Waals surface area (Å²) in [5, 5.41) is 5.73. The molecule has 0 radical (unpaired) electrons. The van der Waals surface area contributed by atoms with E-state index >= 15 is 0 Å². The zero-order chi connectivity index (χ0) is 24.6. The van der Waals surface area contributed by atoms with Crippen molar-refractivity contribution < 1.29 is 19.1 Å². The second-order valence-corrected chi connectivity index (χ2v) is 7.89. The van der Waals surface area contributed by atoms with Gasteiger partial charge in [0.25, 0.3) is 5.91 Å². The molecule has 0 fully saturated rings. The molecule has 178 valence electrons. The summed E-state index contributed by atoms with van der Waals surface area (Å²) >= 11 is 0. The number of methoxy groups -OCH3 is 2. The van der Waals surface area contributed by atoms with Gasteiger partial charge < -0.3 is 24.7 Å². The summed E-state index contributed by atoms with van der Waals surface area (Å²) in [7, 11) is 3.17. The van der Waals surface area contributed by atoms with Gasteiger partial charge in [0, 0.05) is 30.2 Å². The van der Waals surface area contributed by atoms with Crippen LogP contribution in [-0.4, -0.2) is 35.6 Å². The van der Waals surface area contributed by atoms with E-state index in [1.165, 1.54) is 0 Å². The van der Waals surface area contributed by atoms with Crippen molar-refractivity contribution in [3.8, 4) is 11.5 Å². The molecule has 1 heterocycles. The number of ether oxygens (including phenoxy) is 2. The van der Waals surface area contributed by atoms with Crippen molar-refractivity contribution in [3.63, 3.8) is 0 Å². The van der Waals surface area contributed by atoms with Crippen molar-refractivity contribution >= 4 is 23.2 Å². The zero-order valence-corrected chi connectivity index (χ0v) is 19.5. The Bertz CT molecular complexity index is 1310. The average molecular weight is 471 g/mol. The largest absolute Gasteiger partial charge is 0.497 e. The minimum atomic E-state index is -0.300. The van der Waals surface area contributed by atoms with Gasteiger partial charge in [-0.2, -0.15) is 0 Å². The molecule has 4 rings (SSSR count). The summed E-state index contributed by atoms with van der Waals surface area (Å²) in [6, 6.07) is 22.1. The Labute approximate surface area is 203 Å². The van der Waals surface area contributed by atoms with Crippen molar-refractivity contribution in [2.75, 3.05) is 24.9 Å². The number of carbonyl (C=O) groups excluding carboxylic acids is 2. The fourth-order valence-corrected chi connectivity index (χ4v) is 3.54. The number of rotatable bonds is 9. The lowest BCUT2D eigenvalue weighted by Crippen LogP contribution is -2.14. The van der Waals surface area contributed by atoms with Crippen LogP contribution in [-0.2, 0) is 17.8 Å². The molecule has 0 unspecified atom stereocenters. The highest BCUT2D eigenvalue weighted by Crippen LogP contribution is 2.18. The molecule has 0 saturated carbocycles. The van der Waals surface area contributed by atoms with Crippen molar-refractivity contribution in [3.05, 3.63) is 102 Å².